The van der Waals surface area contributed by atoms with E-state index in [1.54, 1.807) is 6.92 Å². The molecule has 0 amide bonds. The lowest BCUT2D eigenvalue weighted by atomic mass is 10.1. The van der Waals surface area contributed by atoms with Crippen molar-refractivity contribution >= 4 is 17.6 Å². The van der Waals surface area contributed by atoms with E-state index in [4.69, 9.17) is 4.74 Å². The van der Waals surface area contributed by atoms with Crippen molar-refractivity contribution < 1.29 is 9.53 Å². The maximum Gasteiger partial charge on any atom is 0.341 e. The maximum absolute atomic E-state index is 11.5. The zero-order valence-electron chi connectivity index (χ0n) is 11.8. The lowest BCUT2D eigenvalue weighted by Crippen LogP contribution is -2.07. The van der Waals surface area contributed by atoms with Gasteiger partial charge in [-0.3, -0.25) is 0 Å². The number of aromatic nitrogens is 2. The summed E-state index contributed by atoms with van der Waals surface area (Å²) in [5, 5.41) is 3.16. The number of para-hydroxylation sites is 1. The molecule has 1 N–H and O–H groups in total. The Hall–Kier alpha value is -2.43. The van der Waals surface area contributed by atoms with Crippen LogP contribution in [0.15, 0.2) is 30.6 Å². The van der Waals surface area contributed by atoms with E-state index in [9.17, 15) is 4.79 Å². The molecule has 5 nitrogen and oxygen atoms in total. The number of nitrogens with one attached hydrogen (secondary N) is 1. The molecule has 104 valence electrons. The number of rotatable bonds is 4. The Morgan fingerprint density at radius 1 is 1.20 bits per heavy atom. The van der Waals surface area contributed by atoms with Crippen molar-refractivity contribution in [1.82, 2.24) is 9.97 Å². The Bertz CT molecular complexity index is 589. The van der Waals surface area contributed by atoms with Crippen LogP contribution in [0.25, 0.3) is 0 Å². The minimum atomic E-state index is -0.411. The summed E-state index contributed by atoms with van der Waals surface area (Å²) in [6, 6.07) is 6.03. The smallest absolute Gasteiger partial charge is 0.341 e. The molecule has 0 unspecified atom stereocenters. The van der Waals surface area contributed by atoms with Crippen LogP contribution in [-0.4, -0.2) is 22.5 Å². The molecule has 1 aromatic carbocycles. The quantitative estimate of drug-likeness (QED) is 0.866. The lowest BCUT2D eigenvalue weighted by molar-refractivity contribution is 0.0525. The van der Waals surface area contributed by atoms with Crippen LogP contribution in [-0.2, 0) is 4.74 Å². The largest absolute Gasteiger partial charge is 0.462 e. The number of hydrogen-bond acceptors (Lipinski definition) is 5. The van der Waals surface area contributed by atoms with Crippen molar-refractivity contribution in [1.29, 1.82) is 0 Å². The molecule has 0 aliphatic carbocycles. The first-order valence-corrected chi connectivity index (χ1v) is 6.44. The second-order valence-corrected chi connectivity index (χ2v) is 4.41. The van der Waals surface area contributed by atoms with Gasteiger partial charge in [-0.2, -0.15) is 0 Å². The molecule has 5 heteroatoms. The van der Waals surface area contributed by atoms with Crippen molar-refractivity contribution in [3.63, 3.8) is 0 Å². The van der Waals surface area contributed by atoms with Gasteiger partial charge in [-0.15, -0.1) is 0 Å². The highest BCUT2D eigenvalue weighted by atomic mass is 16.5. The molecule has 0 aliphatic heterocycles. The van der Waals surface area contributed by atoms with E-state index in [0.717, 1.165) is 16.8 Å². The normalized spacial score (nSPS) is 10.2. The Morgan fingerprint density at radius 3 is 2.35 bits per heavy atom. The molecule has 0 aliphatic rings. The van der Waals surface area contributed by atoms with E-state index < -0.39 is 5.97 Å². The van der Waals surface area contributed by atoms with Gasteiger partial charge >= 0.3 is 5.97 Å². The van der Waals surface area contributed by atoms with E-state index in [0.29, 0.717) is 18.1 Å². The van der Waals surface area contributed by atoms with Crippen molar-refractivity contribution in [2.24, 2.45) is 0 Å². The van der Waals surface area contributed by atoms with Crippen molar-refractivity contribution in [2.75, 3.05) is 11.9 Å². The molecule has 20 heavy (non-hydrogen) atoms. The zero-order chi connectivity index (χ0) is 14.5. The van der Waals surface area contributed by atoms with Crippen LogP contribution in [0.5, 0.6) is 0 Å². The van der Waals surface area contributed by atoms with Gasteiger partial charge in [0, 0.05) is 18.1 Å². The monoisotopic (exact) mass is 271 g/mol. The summed E-state index contributed by atoms with van der Waals surface area (Å²) in [5.74, 6) is 0.0431. The van der Waals surface area contributed by atoms with E-state index in [1.165, 1.54) is 12.4 Å². The first kappa shape index (κ1) is 14.0. The second-order valence-electron chi connectivity index (χ2n) is 4.41. The van der Waals surface area contributed by atoms with Gasteiger partial charge in [0.2, 0.25) is 5.95 Å². The molecule has 2 rings (SSSR count). The van der Waals surface area contributed by atoms with Crippen LogP contribution in [0.3, 0.4) is 0 Å². The van der Waals surface area contributed by atoms with Crippen LogP contribution < -0.4 is 5.32 Å². The number of carbonyl (C=O) groups excluding carboxylic acids is 1. The summed E-state index contributed by atoms with van der Waals surface area (Å²) in [6.45, 7) is 6.13. The fourth-order valence-electron chi connectivity index (χ4n) is 1.84. The predicted octanol–water partition coefficient (Wildman–Crippen LogP) is 3.01. The van der Waals surface area contributed by atoms with E-state index in [1.807, 2.05) is 32.0 Å². The third-order valence-electron chi connectivity index (χ3n) is 2.88. The molecular formula is C15H17N3O2. The van der Waals surface area contributed by atoms with Gasteiger partial charge in [-0.1, -0.05) is 18.2 Å². The Balaban J connectivity index is 2.17. The molecule has 0 radical (unpaired) electrons. The molecule has 0 spiro atoms. The second kappa shape index (κ2) is 6.14. The highest BCUT2D eigenvalue weighted by Crippen LogP contribution is 2.22. The standard InChI is InChI=1S/C15H17N3O2/c1-4-20-14(19)12-8-16-15(17-9-12)18-13-10(2)6-5-7-11(13)3/h5-9H,4H2,1-3H3,(H,16,17,18). The molecule has 1 heterocycles. The van der Waals surface area contributed by atoms with Gasteiger partial charge < -0.3 is 10.1 Å². The molecule has 0 atom stereocenters. The Labute approximate surface area is 118 Å². The first-order valence-electron chi connectivity index (χ1n) is 6.44. The fraction of sp³-hybridized carbons (Fsp3) is 0.267. The topological polar surface area (TPSA) is 64.1 Å². The van der Waals surface area contributed by atoms with Crippen LogP contribution >= 0.6 is 0 Å². The molecule has 0 fully saturated rings. The molecule has 1 aromatic heterocycles. The summed E-state index contributed by atoms with van der Waals surface area (Å²) in [5.41, 5.74) is 3.56. The first-order chi connectivity index (χ1) is 9.61. The van der Waals surface area contributed by atoms with Gasteiger partial charge in [0.1, 0.15) is 0 Å². The maximum atomic E-state index is 11.5. The lowest BCUT2D eigenvalue weighted by Gasteiger charge is -2.11. The minimum absolute atomic E-state index is 0.335. The highest BCUT2D eigenvalue weighted by molar-refractivity contribution is 5.88. The average Bonchev–Trinajstić information content (AvgIpc) is 2.44. The highest BCUT2D eigenvalue weighted by Gasteiger charge is 2.09. The third-order valence-corrected chi connectivity index (χ3v) is 2.88. The SMILES string of the molecule is CCOC(=O)c1cnc(Nc2c(C)cccc2C)nc1. The van der Waals surface area contributed by atoms with Crippen LogP contribution in [0.1, 0.15) is 28.4 Å². The predicted molar refractivity (Wildman–Crippen MR) is 77.2 cm³/mol. The van der Waals surface area contributed by atoms with Crippen molar-refractivity contribution in [2.45, 2.75) is 20.8 Å². The minimum Gasteiger partial charge on any atom is -0.462 e. The zero-order valence-corrected chi connectivity index (χ0v) is 11.8. The number of anilines is 2. The molecule has 2 aromatic rings. The number of carbonyl (C=O) groups is 1. The van der Waals surface area contributed by atoms with Crippen molar-refractivity contribution in [3.8, 4) is 0 Å². The molecule has 0 saturated carbocycles. The number of ether oxygens (including phenoxy) is 1. The van der Waals surface area contributed by atoms with E-state index in [-0.39, 0.29) is 0 Å². The molecule has 0 saturated heterocycles. The summed E-state index contributed by atoms with van der Waals surface area (Å²) in [6.07, 6.45) is 2.92. The van der Waals surface area contributed by atoms with E-state index >= 15 is 0 Å². The number of benzene rings is 1. The third kappa shape index (κ3) is 3.12. The summed E-state index contributed by atoms with van der Waals surface area (Å²) in [7, 11) is 0. The summed E-state index contributed by atoms with van der Waals surface area (Å²) < 4.78 is 4.88. The fourth-order valence-corrected chi connectivity index (χ4v) is 1.84. The molecular weight excluding hydrogens is 254 g/mol. The summed E-state index contributed by atoms with van der Waals surface area (Å²) >= 11 is 0. The van der Waals surface area contributed by atoms with Gasteiger partial charge in [0.25, 0.3) is 0 Å². The van der Waals surface area contributed by atoms with E-state index in [2.05, 4.69) is 15.3 Å². The number of esters is 1. The van der Waals surface area contributed by atoms with Crippen LogP contribution in [0, 0.1) is 13.8 Å². The number of hydrogen-bond donors (Lipinski definition) is 1. The van der Waals surface area contributed by atoms with Crippen LogP contribution in [0.2, 0.25) is 0 Å². The van der Waals surface area contributed by atoms with Gasteiger partial charge in [-0.25, -0.2) is 14.8 Å². The number of aryl methyl sites for hydroxylation is 2. The van der Waals surface area contributed by atoms with Crippen molar-refractivity contribution in [3.05, 3.63) is 47.3 Å². The van der Waals surface area contributed by atoms with Crippen LogP contribution in [0.4, 0.5) is 11.6 Å². The Morgan fingerprint density at radius 2 is 1.80 bits per heavy atom. The number of nitrogens with zero attached hydrogens (tertiary/aromatic N) is 2. The molecule has 0 bridgehead atoms. The Kier molecular flexibility index (Phi) is 4.30. The summed E-state index contributed by atoms with van der Waals surface area (Å²) in [4.78, 5) is 19.8. The van der Waals surface area contributed by atoms with Gasteiger partial charge in [0.05, 0.1) is 12.2 Å². The van der Waals surface area contributed by atoms with Gasteiger partial charge in [0.15, 0.2) is 0 Å². The van der Waals surface area contributed by atoms with Gasteiger partial charge in [-0.05, 0) is 31.9 Å². The average molecular weight is 271 g/mol.